The Kier molecular flexibility index (Phi) is 12.2. The molecule has 7 aromatic heterocycles. The van der Waals surface area contributed by atoms with Gasteiger partial charge in [-0.25, -0.2) is 4.79 Å². The van der Waals surface area contributed by atoms with Crippen molar-refractivity contribution in [2.45, 2.75) is 91.8 Å². The number of aromatic nitrogens is 7. The van der Waals surface area contributed by atoms with Crippen LogP contribution in [-0.2, 0) is 20.9 Å². The van der Waals surface area contributed by atoms with E-state index >= 15 is 0 Å². The van der Waals surface area contributed by atoms with Gasteiger partial charge in [-0.2, -0.15) is 0 Å². The number of hydrogen-bond acceptors (Lipinski definition) is 13. The Labute approximate surface area is 408 Å². The van der Waals surface area contributed by atoms with Crippen LogP contribution in [0.4, 0.5) is 5.69 Å². The molecule has 10 rings (SSSR count). The Bertz CT molecular complexity index is 3590. The molecule has 1 amide bonds. The van der Waals surface area contributed by atoms with Crippen LogP contribution in [0.1, 0.15) is 97.3 Å². The molecule has 360 valence electrons. The second-order valence-corrected chi connectivity index (χ2v) is 18.2. The largest absolute Gasteiger partial charge is 0.496 e. The molecule has 3 atom stereocenters. The zero-order valence-corrected chi connectivity index (χ0v) is 40.8. The number of rotatable bonds is 16. The number of anilines is 1. The van der Waals surface area contributed by atoms with E-state index in [9.17, 15) is 19.2 Å². The number of Topliss-reactive ketones (excluding diaryl/α,β-unsaturated/α-hetero) is 2. The van der Waals surface area contributed by atoms with E-state index in [0.717, 1.165) is 33.6 Å². The van der Waals surface area contributed by atoms with Crippen LogP contribution in [0.3, 0.4) is 0 Å². The number of ketones is 2. The third kappa shape index (κ3) is 8.02. The zero-order valence-electron chi connectivity index (χ0n) is 40.8. The van der Waals surface area contributed by atoms with Crippen molar-refractivity contribution < 1.29 is 32.8 Å². The van der Waals surface area contributed by atoms with Gasteiger partial charge in [0, 0.05) is 70.9 Å². The van der Waals surface area contributed by atoms with E-state index in [1.165, 1.54) is 4.57 Å². The topological polar surface area (TPSA) is 191 Å². The van der Waals surface area contributed by atoms with Crippen LogP contribution in [0.25, 0.3) is 55.1 Å². The van der Waals surface area contributed by atoms with E-state index < -0.39 is 23.7 Å². The highest BCUT2D eigenvalue weighted by Gasteiger charge is 2.43. The molecule has 2 aromatic carbocycles. The molecule has 0 N–H and O–H groups in total. The minimum atomic E-state index is -0.812. The van der Waals surface area contributed by atoms with Gasteiger partial charge in [0.1, 0.15) is 28.8 Å². The summed E-state index contributed by atoms with van der Waals surface area (Å²) < 4.78 is 26.2. The molecular weight excluding hydrogens is 901 g/mol. The highest BCUT2D eigenvalue weighted by molar-refractivity contribution is 6.14. The summed E-state index contributed by atoms with van der Waals surface area (Å²) in [5.41, 5.74) is 9.42. The number of hydrogen-bond donors (Lipinski definition) is 0. The summed E-state index contributed by atoms with van der Waals surface area (Å²) in [7, 11) is 3.18. The van der Waals surface area contributed by atoms with Crippen molar-refractivity contribution >= 4 is 56.0 Å². The molecule has 3 unspecified atom stereocenters. The van der Waals surface area contributed by atoms with Gasteiger partial charge in [-0.15, -0.1) is 0 Å². The highest BCUT2D eigenvalue weighted by atomic mass is 16.5. The van der Waals surface area contributed by atoms with E-state index in [1.807, 2.05) is 102 Å². The highest BCUT2D eigenvalue weighted by Crippen LogP contribution is 2.49. The van der Waals surface area contributed by atoms with E-state index in [1.54, 1.807) is 54.7 Å². The standard InChI is InChI=1S/C55H52N8O8/c1-29-28-70-33(5)50(29)40-21-45-38(23-48(40)68-7)52-42(25-58-45)37(54(66)62(52)31(3)43-16-9-11-18-56-43)20-35(64)14-13-15-36(65)27-61-47-26-59-46-22-41(51-30(2)60-71-34(51)6)49(69-8)24-39(46)53(47)63(55(61)67)32(4)44-17-10-12-19-57-44/h9-12,16-19,21-26,28,31-32,37H,13-15,20,27H2,1-8H3. The molecule has 0 radical (unpaired) electrons. The zero-order chi connectivity index (χ0) is 49.8. The van der Waals surface area contributed by atoms with Crippen LogP contribution in [-0.4, -0.2) is 65.9 Å². The maximum atomic E-state index is 14.7. The lowest BCUT2D eigenvalue weighted by Crippen LogP contribution is -2.32. The summed E-state index contributed by atoms with van der Waals surface area (Å²) >= 11 is 0. The van der Waals surface area contributed by atoms with Crippen LogP contribution < -0.4 is 20.1 Å². The normalized spacial score (nSPS) is 14.4. The Morgan fingerprint density at radius 3 is 2.00 bits per heavy atom. The van der Waals surface area contributed by atoms with E-state index in [0.29, 0.717) is 78.4 Å². The molecule has 1 aliphatic rings. The van der Waals surface area contributed by atoms with Gasteiger partial charge in [0.2, 0.25) is 5.91 Å². The molecule has 9 aromatic rings. The fourth-order valence-corrected chi connectivity index (χ4v) is 10.4. The number of furan rings is 1. The van der Waals surface area contributed by atoms with Gasteiger partial charge in [0.05, 0.1) is 102 Å². The molecule has 16 heteroatoms. The van der Waals surface area contributed by atoms with Crippen molar-refractivity contribution in [1.82, 2.24) is 34.2 Å². The monoisotopic (exact) mass is 952 g/mol. The summed E-state index contributed by atoms with van der Waals surface area (Å²) in [5, 5.41) is 5.49. The fourth-order valence-electron chi connectivity index (χ4n) is 10.4. The molecular formula is C55H52N8O8. The van der Waals surface area contributed by atoms with Crippen molar-refractivity contribution in [3.05, 3.63) is 142 Å². The number of aryl methyl sites for hydroxylation is 4. The first kappa shape index (κ1) is 46.5. The number of nitrogens with zero attached hydrogens (tertiary/aromatic N) is 8. The molecule has 0 aliphatic carbocycles. The maximum absolute atomic E-state index is 14.7. The lowest BCUT2D eigenvalue weighted by atomic mass is 9.93. The molecule has 0 spiro atoms. The van der Waals surface area contributed by atoms with E-state index in [-0.39, 0.29) is 49.7 Å². The molecule has 71 heavy (non-hydrogen) atoms. The fraction of sp³-hybridized carbons (Fsp3) is 0.291. The smallest absolute Gasteiger partial charge is 0.330 e. The molecule has 0 saturated carbocycles. The van der Waals surface area contributed by atoms with Gasteiger partial charge in [-0.3, -0.25) is 43.5 Å². The quantitative estimate of drug-likeness (QED) is 0.0890. The lowest BCUT2D eigenvalue weighted by molar-refractivity contribution is -0.125. The van der Waals surface area contributed by atoms with Gasteiger partial charge in [-0.1, -0.05) is 17.3 Å². The second kappa shape index (κ2) is 18.6. The maximum Gasteiger partial charge on any atom is 0.330 e. The first-order valence-electron chi connectivity index (χ1n) is 23.6. The number of carbonyl (C=O) groups is 3. The average molecular weight is 953 g/mol. The summed E-state index contributed by atoms with van der Waals surface area (Å²) in [5.74, 6) is 1.03. The van der Waals surface area contributed by atoms with Gasteiger partial charge < -0.3 is 23.3 Å². The Hall–Kier alpha value is -8.27. The first-order chi connectivity index (χ1) is 34.3. The van der Waals surface area contributed by atoms with Crippen LogP contribution in [0.15, 0.2) is 105 Å². The Morgan fingerprint density at radius 1 is 0.746 bits per heavy atom. The van der Waals surface area contributed by atoms with Gasteiger partial charge >= 0.3 is 5.69 Å². The Morgan fingerprint density at radius 2 is 1.38 bits per heavy atom. The predicted molar refractivity (Wildman–Crippen MR) is 268 cm³/mol. The lowest BCUT2D eigenvalue weighted by Gasteiger charge is -2.26. The van der Waals surface area contributed by atoms with Crippen molar-refractivity contribution in [3.8, 4) is 33.8 Å². The van der Waals surface area contributed by atoms with Crippen molar-refractivity contribution in [2.75, 3.05) is 19.1 Å². The molecule has 16 nitrogen and oxygen atoms in total. The first-order valence-corrected chi connectivity index (χ1v) is 23.6. The molecule has 0 fully saturated rings. The average Bonchev–Trinajstić information content (AvgIpc) is 4.08. The number of pyridine rings is 4. The van der Waals surface area contributed by atoms with Crippen LogP contribution in [0, 0.1) is 27.7 Å². The number of carbonyl (C=O) groups excluding carboxylic acids is 3. The second-order valence-electron chi connectivity index (χ2n) is 18.2. The van der Waals surface area contributed by atoms with Crippen molar-refractivity contribution in [3.63, 3.8) is 0 Å². The molecule has 0 saturated heterocycles. The minimum Gasteiger partial charge on any atom is -0.496 e. The Balaban J connectivity index is 0.924. The molecule has 8 heterocycles. The summed E-state index contributed by atoms with van der Waals surface area (Å²) in [4.78, 5) is 77.8. The summed E-state index contributed by atoms with van der Waals surface area (Å²) in [6.45, 7) is 11.1. The van der Waals surface area contributed by atoms with Gasteiger partial charge in [-0.05, 0) is 102 Å². The minimum absolute atomic E-state index is 0.0260. The number of methoxy groups -OCH3 is 2. The third-order valence-electron chi connectivity index (χ3n) is 13.9. The summed E-state index contributed by atoms with van der Waals surface area (Å²) in [6.07, 6.45) is 8.61. The number of amides is 1. The van der Waals surface area contributed by atoms with E-state index in [4.69, 9.17) is 28.4 Å². The number of benzene rings is 2. The van der Waals surface area contributed by atoms with Crippen molar-refractivity contribution in [1.29, 1.82) is 0 Å². The van der Waals surface area contributed by atoms with E-state index in [2.05, 4.69) is 15.1 Å². The van der Waals surface area contributed by atoms with Gasteiger partial charge in [0.15, 0.2) is 5.78 Å². The summed E-state index contributed by atoms with van der Waals surface area (Å²) in [6, 6.07) is 17.7. The number of fused-ring (bicyclic) bond motifs is 6. The number of imidazole rings is 1. The molecule has 1 aliphatic heterocycles. The number of ether oxygens (including phenoxy) is 2. The predicted octanol–water partition coefficient (Wildman–Crippen LogP) is 10.1. The van der Waals surface area contributed by atoms with Crippen LogP contribution >= 0.6 is 0 Å². The SMILES string of the molecule is COc1cc2c3c(cnc2cc1-c1c(C)coc1C)C(CC(=O)CCCC(=O)Cn1c(=O)n(C(C)c2ccccn2)c2c4cc(OC)c(-c5c(C)noc5C)cc4ncc21)C(=O)N3C(C)c1ccccn1. The van der Waals surface area contributed by atoms with Crippen LogP contribution in [0.2, 0.25) is 0 Å². The van der Waals surface area contributed by atoms with Crippen molar-refractivity contribution in [2.24, 2.45) is 0 Å². The van der Waals surface area contributed by atoms with Gasteiger partial charge in [0.25, 0.3) is 0 Å². The van der Waals surface area contributed by atoms with Crippen LogP contribution in [0.5, 0.6) is 11.5 Å². The third-order valence-corrected chi connectivity index (χ3v) is 13.9. The molecule has 0 bridgehead atoms.